The number of hydrazone groups is 1. The van der Waals surface area contributed by atoms with Crippen LogP contribution in [0.4, 0.5) is 5.69 Å². The van der Waals surface area contributed by atoms with Gasteiger partial charge in [0.25, 0.3) is 0 Å². The largest absolute Gasteiger partial charge is 0.290 e. The van der Waals surface area contributed by atoms with E-state index in [0.29, 0.717) is 5.11 Å². The van der Waals surface area contributed by atoms with Crippen LogP contribution in [-0.2, 0) is 0 Å². The summed E-state index contributed by atoms with van der Waals surface area (Å²) >= 11 is 9.18. The lowest BCUT2D eigenvalue weighted by atomic mass is 10.1. The number of anilines is 1. The average molecular weight is 399 g/mol. The van der Waals surface area contributed by atoms with Crippen molar-refractivity contribution in [2.45, 2.75) is 20.0 Å². The molecule has 1 unspecified atom stereocenters. The second kappa shape index (κ2) is 7.42. The monoisotopic (exact) mass is 398 g/mol. The van der Waals surface area contributed by atoms with Crippen molar-refractivity contribution in [3.05, 3.63) is 65.7 Å². The Morgan fingerprint density at radius 1 is 1.12 bits per heavy atom. The highest BCUT2D eigenvalue weighted by molar-refractivity contribution is 8.45. The molecule has 0 amide bonds. The van der Waals surface area contributed by atoms with E-state index in [2.05, 4.69) is 48.1 Å². The fourth-order valence-corrected chi connectivity index (χ4v) is 5.17. The normalized spacial score (nSPS) is 19.3. The Morgan fingerprint density at radius 3 is 2.58 bits per heavy atom. The third-order valence-electron chi connectivity index (χ3n) is 4.15. The van der Waals surface area contributed by atoms with Gasteiger partial charge in [-0.05, 0) is 53.8 Å². The van der Waals surface area contributed by atoms with Gasteiger partial charge in [0, 0.05) is 5.69 Å². The highest BCUT2D eigenvalue weighted by Gasteiger charge is 2.39. The fourth-order valence-electron chi connectivity index (χ4n) is 2.94. The van der Waals surface area contributed by atoms with Crippen molar-refractivity contribution >= 4 is 56.1 Å². The predicted octanol–water partition coefficient (Wildman–Crippen LogP) is 5.23. The summed E-state index contributed by atoms with van der Waals surface area (Å²) in [6, 6.07) is 18.6. The molecule has 0 saturated heterocycles. The first-order valence-corrected chi connectivity index (χ1v) is 10.6. The van der Waals surface area contributed by atoms with Crippen LogP contribution in [0.25, 0.3) is 0 Å². The van der Waals surface area contributed by atoms with E-state index in [9.17, 15) is 0 Å². The van der Waals surface area contributed by atoms with Crippen molar-refractivity contribution in [3.63, 3.8) is 0 Å². The molecule has 2 aliphatic rings. The van der Waals surface area contributed by atoms with Crippen molar-refractivity contribution < 1.29 is 0 Å². The molecule has 7 heteroatoms. The molecule has 0 saturated carbocycles. The quantitative estimate of drug-likeness (QED) is 0.661. The van der Waals surface area contributed by atoms with Crippen LogP contribution in [0.15, 0.2) is 64.7 Å². The maximum atomic E-state index is 5.86. The first-order chi connectivity index (χ1) is 12.7. The molecule has 0 spiro atoms. The Labute approximate surface area is 167 Å². The molecule has 0 aliphatic carbocycles. The first kappa shape index (κ1) is 17.6. The number of rotatable bonds is 3. The van der Waals surface area contributed by atoms with Gasteiger partial charge < -0.3 is 0 Å². The van der Waals surface area contributed by atoms with Crippen LogP contribution in [0.1, 0.15) is 24.2 Å². The molecule has 26 heavy (non-hydrogen) atoms. The summed E-state index contributed by atoms with van der Waals surface area (Å²) in [5, 5.41) is 7.99. The molecule has 0 radical (unpaired) electrons. The van der Waals surface area contributed by atoms with Gasteiger partial charge in [-0.3, -0.25) is 4.90 Å². The topological polar surface area (TPSA) is 31.2 Å². The molecule has 0 N–H and O–H groups in total. The zero-order chi connectivity index (χ0) is 18.1. The summed E-state index contributed by atoms with van der Waals surface area (Å²) < 4.78 is 0.993. The molecular weight excluding hydrogens is 380 g/mol. The predicted molar refractivity (Wildman–Crippen MR) is 118 cm³/mol. The lowest BCUT2D eigenvalue weighted by Crippen LogP contribution is -2.47. The lowest BCUT2D eigenvalue weighted by molar-refractivity contribution is 0.598. The van der Waals surface area contributed by atoms with Gasteiger partial charge >= 0.3 is 0 Å². The van der Waals surface area contributed by atoms with E-state index < -0.39 is 0 Å². The molecule has 2 aliphatic heterocycles. The van der Waals surface area contributed by atoms with E-state index in [0.717, 1.165) is 32.1 Å². The van der Waals surface area contributed by atoms with Gasteiger partial charge in [0.15, 0.2) is 15.7 Å². The van der Waals surface area contributed by atoms with E-state index in [1.165, 1.54) is 0 Å². The number of para-hydroxylation sites is 1. The minimum Gasteiger partial charge on any atom is -0.290 e. The van der Waals surface area contributed by atoms with Crippen LogP contribution in [-0.4, -0.2) is 25.4 Å². The summed E-state index contributed by atoms with van der Waals surface area (Å²) in [6.45, 7) is 4.22. The molecule has 2 aromatic carbocycles. The maximum absolute atomic E-state index is 5.86. The molecule has 4 rings (SSSR count). The SMILES string of the molecule is CCSC1=NN2C(=S)N(c3ccccc3C)C(c3ccccc3)N=C2S1. The van der Waals surface area contributed by atoms with E-state index in [4.69, 9.17) is 17.2 Å². The van der Waals surface area contributed by atoms with Gasteiger partial charge in [-0.15, -0.1) is 5.10 Å². The van der Waals surface area contributed by atoms with Gasteiger partial charge in [0.05, 0.1) is 0 Å². The Balaban J connectivity index is 1.82. The summed E-state index contributed by atoms with van der Waals surface area (Å²) in [4.78, 5) is 7.12. The minimum absolute atomic E-state index is 0.190. The van der Waals surface area contributed by atoms with Crippen molar-refractivity contribution in [2.75, 3.05) is 10.7 Å². The number of hydrogen-bond donors (Lipinski definition) is 0. The molecule has 4 nitrogen and oxygen atoms in total. The standard InChI is InChI=1S/C19H18N4S3/c1-3-25-18-21-23-17(26-18)20-16(14-10-5-4-6-11-14)22(19(23)24)15-12-8-7-9-13(15)2/h4-12,16H,3H2,1-2H3. The number of thioether (sulfide) groups is 2. The van der Waals surface area contributed by atoms with Crippen molar-refractivity contribution in [1.82, 2.24) is 5.01 Å². The highest BCUT2D eigenvalue weighted by atomic mass is 32.2. The van der Waals surface area contributed by atoms with Crippen LogP contribution in [0.2, 0.25) is 0 Å². The molecule has 1 atom stereocenters. The number of amidine groups is 1. The number of benzene rings is 2. The zero-order valence-electron chi connectivity index (χ0n) is 14.5. The summed E-state index contributed by atoms with van der Waals surface area (Å²) in [5.41, 5.74) is 3.34. The summed E-state index contributed by atoms with van der Waals surface area (Å²) in [6.07, 6.45) is -0.190. The molecule has 2 heterocycles. The van der Waals surface area contributed by atoms with Gasteiger partial charge in [-0.2, -0.15) is 5.01 Å². The lowest BCUT2D eigenvalue weighted by Gasteiger charge is -2.38. The molecular formula is C19H18N4S3. The molecule has 2 aromatic rings. The van der Waals surface area contributed by atoms with E-state index in [-0.39, 0.29) is 6.17 Å². The smallest absolute Gasteiger partial charge is 0.205 e. The van der Waals surface area contributed by atoms with E-state index >= 15 is 0 Å². The van der Waals surface area contributed by atoms with Gasteiger partial charge in [-0.1, -0.05) is 67.2 Å². The molecule has 132 valence electrons. The van der Waals surface area contributed by atoms with Crippen LogP contribution >= 0.6 is 35.7 Å². The average Bonchev–Trinajstić information content (AvgIpc) is 3.07. The summed E-state index contributed by atoms with van der Waals surface area (Å²) in [7, 11) is 0. The first-order valence-electron chi connectivity index (χ1n) is 8.40. The van der Waals surface area contributed by atoms with Gasteiger partial charge in [0.2, 0.25) is 5.11 Å². The molecule has 0 fully saturated rings. The highest BCUT2D eigenvalue weighted by Crippen LogP contribution is 2.40. The Bertz CT molecular complexity index is 895. The van der Waals surface area contributed by atoms with Crippen LogP contribution < -0.4 is 4.90 Å². The van der Waals surface area contributed by atoms with E-state index in [1.807, 2.05) is 30.3 Å². The number of aliphatic imine (C=N–C) groups is 1. The van der Waals surface area contributed by atoms with Gasteiger partial charge in [-0.25, -0.2) is 4.99 Å². The number of thiocarbonyl (C=S) groups is 1. The second-order valence-electron chi connectivity index (χ2n) is 5.85. The minimum atomic E-state index is -0.190. The third kappa shape index (κ3) is 3.15. The molecule has 0 aromatic heterocycles. The van der Waals surface area contributed by atoms with Crippen molar-refractivity contribution in [2.24, 2.45) is 10.1 Å². The van der Waals surface area contributed by atoms with Crippen molar-refractivity contribution in [1.29, 1.82) is 0 Å². The van der Waals surface area contributed by atoms with Crippen LogP contribution in [0.3, 0.4) is 0 Å². The van der Waals surface area contributed by atoms with Crippen LogP contribution in [0, 0.1) is 6.92 Å². The summed E-state index contributed by atoms with van der Waals surface area (Å²) in [5.74, 6) is 0.976. The Morgan fingerprint density at radius 2 is 1.85 bits per heavy atom. The number of nitrogens with zero attached hydrogens (tertiary/aromatic N) is 4. The van der Waals surface area contributed by atoms with E-state index in [1.54, 1.807) is 28.5 Å². The maximum Gasteiger partial charge on any atom is 0.205 e. The Hall–Kier alpha value is -1.83. The van der Waals surface area contributed by atoms with Crippen molar-refractivity contribution in [3.8, 4) is 0 Å². The van der Waals surface area contributed by atoms with Gasteiger partial charge in [0.1, 0.15) is 0 Å². The number of aryl methyl sites for hydroxylation is 1. The molecule has 0 bridgehead atoms. The Kier molecular flexibility index (Phi) is 5.02. The number of hydrogen-bond acceptors (Lipinski definition) is 5. The zero-order valence-corrected chi connectivity index (χ0v) is 16.9. The third-order valence-corrected chi connectivity index (χ3v) is 6.45. The fraction of sp³-hybridized carbons (Fsp3) is 0.211. The second-order valence-corrected chi connectivity index (χ2v) is 8.68. The number of fused-ring (bicyclic) bond motifs is 1. The van der Waals surface area contributed by atoms with Crippen LogP contribution in [0.5, 0.6) is 0 Å².